The Morgan fingerprint density at radius 3 is 2.04 bits per heavy atom. The van der Waals surface area contributed by atoms with Gasteiger partial charge in [0.15, 0.2) is 6.10 Å². The first-order valence-electron chi connectivity index (χ1n) is 16.1. The second-order valence-corrected chi connectivity index (χ2v) is 13.1. The number of hydrogen-bond acceptors (Lipinski definition) is 8. The fourth-order valence-electron chi connectivity index (χ4n) is 5.45. The Morgan fingerprint density at radius 2 is 1.46 bits per heavy atom. The molecule has 252 valence electrons. The fraction of sp³-hybridized carbons (Fsp3) is 0.543. The van der Waals surface area contributed by atoms with Gasteiger partial charge in [-0.3, -0.25) is 19.7 Å². The van der Waals surface area contributed by atoms with Crippen molar-refractivity contribution in [2.75, 3.05) is 0 Å². The monoisotopic (exact) mass is 638 g/mol. The van der Waals surface area contributed by atoms with Crippen LogP contribution in [-0.2, 0) is 36.9 Å². The van der Waals surface area contributed by atoms with Crippen LogP contribution < -0.4 is 21.7 Å². The molecule has 3 rings (SSSR count). The number of aliphatic hydroxyl groups is 1. The predicted octanol–water partition coefficient (Wildman–Crippen LogP) is 3.51. The quantitative estimate of drug-likeness (QED) is 0.209. The highest BCUT2D eigenvalue weighted by molar-refractivity contribution is 6.01. The Morgan fingerprint density at radius 1 is 0.870 bits per heavy atom. The third kappa shape index (κ3) is 12.5. The summed E-state index contributed by atoms with van der Waals surface area (Å²) in [6, 6.07) is 15.3. The number of alkyl carbamates (subject to hydrolysis) is 1. The molecule has 0 aromatic heterocycles. The predicted molar refractivity (Wildman–Crippen MR) is 174 cm³/mol. The summed E-state index contributed by atoms with van der Waals surface area (Å²) >= 11 is 0. The number of carbonyl (C=O) groups is 4. The molecule has 4 amide bonds. The van der Waals surface area contributed by atoms with E-state index in [2.05, 4.69) is 16.0 Å². The van der Waals surface area contributed by atoms with E-state index in [0.29, 0.717) is 12.3 Å². The molecule has 3 unspecified atom stereocenters. The van der Waals surface area contributed by atoms with Gasteiger partial charge in [-0.25, -0.2) is 4.79 Å². The number of ether oxygens (including phenoxy) is 2. The summed E-state index contributed by atoms with van der Waals surface area (Å²) in [6.45, 7) is 6.56. The lowest BCUT2D eigenvalue weighted by molar-refractivity contribution is -0.148. The van der Waals surface area contributed by atoms with Crippen molar-refractivity contribution < 1.29 is 33.8 Å². The molecule has 1 aliphatic carbocycles. The maximum atomic E-state index is 13.4. The molecule has 5 atom stereocenters. The van der Waals surface area contributed by atoms with Crippen LogP contribution in [0.1, 0.15) is 77.3 Å². The number of nitrogens with one attached hydrogen (secondary N) is 3. The van der Waals surface area contributed by atoms with E-state index in [4.69, 9.17) is 15.2 Å². The molecule has 1 fully saturated rings. The van der Waals surface area contributed by atoms with Crippen molar-refractivity contribution in [3.63, 3.8) is 0 Å². The fourth-order valence-corrected chi connectivity index (χ4v) is 5.45. The van der Waals surface area contributed by atoms with Gasteiger partial charge < -0.3 is 30.9 Å². The van der Waals surface area contributed by atoms with Crippen molar-refractivity contribution in [2.45, 2.75) is 115 Å². The minimum absolute atomic E-state index is 0.0180. The molecule has 0 saturated heterocycles. The molecular weight excluding hydrogens is 588 g/mol. The van der Waals surface area contributed by atoms with Gasteiger partial charge in [0.1, 0.15) is 23.8 Å². The number of benzene rings is 2. The topological polar surface area (TPSA) is 169 Å². The third-order valence-electron chi connectivity index (χ3n) is 7.90. The van der Waals surface area contributed by atoms with Crippen LogP contribution in [0.3, 0.4) is 0 Å². The second-order valence-electron chi connectivity index (χ2n) is 13.1. The van der Waals surface area contributed by atoms with Crippen molar-refractivity contribution >= 4 is 23.8 Å². The molecular formula is C35H50N4O7. The maximum absolute atomic E-state index is 13.4. The van der Waals surface area contributed by atoms with Crippen LogP contribution in [-0.4, -0.2) is 64.9 Å². The minimum Gasteiger partial charge on any atom is -0.444 e. The van der Waals surface area contributed by atoms with E-state index < -0.39 is 59.7 Å². The zero-order valence-corrected chi connectivity index (χ0v) is 27.4. The molecule has 46 heavy (non-hydrogen) atoms. The molecule has 2 aromatic carbocycles. The average Bonchev–Trinajstić information content (AvgIpc) is 3.01. The summed E-state index contributed by atoms with van der Waals surface area (Å²) in [6.07, 6.45) is 2.54. The summed E-state index contributed by atoms with van der Waals surface area (Å²) in [5.41, 5.74) is 7.17. The lowest BCUT2D eigenvalue weighted by atomic mass is 9.83. The average molecular weight is 639 g/mol. The molecule has 1 aliphatic rings. The van der Waals surface area contributed by atoms with E-state index in [-0.39, 0.29) is 13.0 Å². The zero-order valence-electron chi connectivity index (χ0n) is 27.4. The van der Waals surface area contributed by atoms with Crippen LogP contribution in [0.5, 0.6) is 0 Å². The molecule has 0 heterocycles. The SMILES string of the molecule is C[C@H](NC(=O)[C@H](Cc1ccccc1)NC(=O)OC(C)(C)C)C(=O)NC(=O)C(OCc1ccccc1)C(O)C(N)CC1CCCCC1. The Bertz CT molecular complexity index is 1260. The van der Waals surface area contributed by atoms with Gasteiger partial charge in [-0.05, 0) is 51.2 Å². The van der Waals surface area contributed by atoms with Gasteiger partial charge in [-0.2, -0.15) is 0 Å². The van der Waals surface area contributed by atoms with Gasteiger partial charge in [0.2, 0.25) is 11.8 Å². The number of hydrogen-bond donors (Lipinski definition) is 5. The summed E-state index contributed by atoms with van der Waals surface area (Å²) in [5, 5.41) is 18.6. The number of nitrogens with two attached hydrogens (primary N) is 1. The van der Waals surface area contributed by atoms with Crippen LogP contribution in [0, 0.1) is 5.92 Å². The Kier molecular flexibility index (Phi) is 14.2. The standard InChI is InChI=1S/C35H50N4O7/c1-23(37-32(42)28(21-25-16-10-6-11-17-25)38-34(44)46-35(2,3)4)31(41)39-33(43)30(45-22-26-18-12-7-13-19-26)29(40)27(36)20-24-14-8-5-9-15-24/h6-7,10-13,16-19,23-24,27-30,40H,5,8-9,14-15,20-22,36H2,1-4H3,(H,37,42)(H,38,44)(H,39,41,43)/t23-,27?,28-,29?,30?/m0/s1. The van der Waals surface area contributed by atoms with Gasteiger partial charge in [0.25, 0.3) is 5.91 Å². The first-order valence-corrected chi connectivity index (χ1v) is 16.1. The molecule has 0 spiro atoms. The smallest absolute Gasteiger partial charge is 0.408 e. The van der Waals surface area contributed by atoms with Gasteiger partial charge in [-0.1, -0.05) is 92.8 Å². The number of carbonyl (C=O) groups excluding carboxylic acids is 4. The van der Waals surface area contributed by atoms with Crippen molar-refractivity contribution in [1.29, 1.82) is 0 Å². The highest BCUT2D eigenvalue weighted by Crippen LogP contribution is 2.28. The molecule has 1 saturated carbocycles. The first kappa shape index (κ1) is 36.7. The van der Waals surface area contributed by atoms with E-state index in [9.17, 15) is 24.3 Å². The van der Waals surface area contributed by atoms with Crippen LogP contribution in [0.25, 0.3) is 0 Å². The molecule has 11 heteroatoms. The molecule has 0 aliphatic heterocycles. The molecule has 2 aromatic rings. The van der Waals surface area contributed by atoms with Gasteiger partial charge in [0, 0.05) is 12.5 Å². The normalized spacial score (nSPS) is 17.1. The van der Waals surface area contributed by atoms with Crippen molar-refractivity contribution in [2.24, 2.45) is 11.7 Å². The summed E-state index contributed by atoms with van der Waals surface area (Å²) < 4.78 is 11.2. The maximum Gasteiger partial charge on any atom is 0.408 e. The number of amides is 4. The van der Waals surface area contributed by atoms with Crippen LogP contribution in [0.2, 0.25) is 0 Å². The van der Waals surface area contributed by atoms with Gasteiger partial charge >= 0.3 is 6.09 Å². The largest absolute Gasteiger partial charge is 0.444 e. The number of rotatable bonds is 14. The van der Waals surface area contributed by atoms with Crippen LogP contribution in [0.4, 0.5) is 4.79 Å². The lowest BCUT2D eigenvalue weighted by Crippen LogP contribution is -2.57. The molecule has 11 nitrogen and oxygen atoms in total. The number of aliphatic hydroxyl groups excluding tert-OH is 1. The second kappa shape index (κ2) is 17.8. The molecule has 6 N–H and O–H groups in total. The van der Waals surface area contributed by atoms with Crippen molar-refractivity contribution in [3.05, 3.63) is 71.8 Å². The highest BCUT2D eigenvalue weighted by atomic mass is 16.6. The van der Waals surface area contributed by atoms with E-state index in [0.717, 1.165) is 36.8 Å². The zero-order chi connectivity index (χ0) is 33.7. The van der Waals surface area contributed by atoms with Gasteiger partial charge in [0.05, 0.1) is 6.61 Å². The minimum atomic E-state index is -1.43. The molecule has 0 bridgehead atoms. The number of imide groups is 1. The van der Waals surface area contributed by atoms with Crippen LogP contribution >= 0.6 is 0 Å². The lowest BCUT2D eigenvalue weighted by Gasteiger charge is -2.31. The Hall–Kier alpha value is -3.80. The molecule has 0 radical (unpaired) electrons. The highest BCUT2D eigenvalue weighted by Gasteiger charge is 2.35. The van der Waals surface area contributed by atoms with Crippen LogP contribution in [0.15, 0.2) is 60.7 Å². The van der Waals surface area contributed by atoms with Crippen molar-refractivity contribution in [3.8, 4) is 0 Å². The Labute approximate surface area is 272 Å². The van der Waals surface area contributed by atoms with E-state index >= 15 is 0 Å². The van der Waals surface area contributed by atoms with Crippen molar-refractivity contribution in [1.82, 2.24) is 16.0 Å². The van der Waals surface area contributed by atoms with E-state index in [1.165, 1.54) is 13.3 Å². The summed E-state index contributed by atoms with van der Waals surface area (Å²) in [5.74, 6) is -1.96. The third-order valence-corrected chi connectivity index (χ3v) is 7.90. The summed E-state index contributed by atoms with van der Waals surface area (Å²) in [4.78, 5) is 52.4. The first-order chi connectivity index (χ1) is 21.8. The van der Waals surface area contributed by atoms with E-state index in [1.807, 2.05) is 60.7 Å². The summed E-state index contributed by atoms with van der Waals surface area (Å²) in [7, 11) is 0. The Balaban J connectivity index is 1.67. The van der Waals surface area contributed by atoms with Gasteiger partial charge in [-0.15, -0.1) is 0 Å². The van der Waals surface area contributed by atoms with E-state index in [1.54, 1.807) is 20.8 Å².